The molecule has 0 radical (unpaired) electrons. The SMILES string of the molecule is CCn1nc(C)c(Cl)c1C(=O)Nc1cccc(C(C)=O)c1. The van der Waals surface area contributed by atoms with E-state index in [1.165, 1.54) is 6.92 Å². The minimum absolute atomic E-state index is 0.0569. The zero-order chi connectivity index (χ0) is 15.6. The molecular weight excluding hydrogens is 290 g/mol. The van der Waals surface area contributed by atoms with Crippen LogP contribution in [0, 0.1) is 6.92 Å². The second-order valence-electron chi connectivity index (χ2n) is 4.65. The highest BCUT2D eigenvalue weighted by Gasteiger charge is 2.20. The van der Waals surface area contributed by atoms with Crippen molar-refractivity contribution in [2.45, 2.75) is 27.3 Å². The molecule has 0 spiro atoms. The third-order valence-electron chi connectivity index (χ3n) is 3.10. The fourth-order valence-corrected chi connectivity index (χ4v) is 2.23. The number of hydrogen-bond acceptors (Lipinski definition) is 3. The number of Topliss-reactive ketones (excluding diaryl/α,β-unsaturated/α-hetero) is 1. The first-order chi connectivity index (χ1) is 9.93. The summed E-state index contributed by atoms with van der Waals surface area (Å²) in [5, 5.41) is 7.30. The first kappa shape index (κ1) is 15.3. The Morgan fingerprint density at radius 2 is 2.10 bits per heavy atom. The van der Waals surface area contributed by atoms with Gasteiger partial charge in [0.05, 0.1) is 10.7 Å². The highest BCUT2D eigenvalue weighted by atomic mass is 35.5. The molecule has 1 amide bonds. The van der Waals surface area contributed by atoms with Crippen molar-refractivity contribution >= 4 is 29.0 Å². The number of carbonyl (C=O) groups is 2. The number of amides is 1. The van der Waals surface area contributed by atoms with Crippen LogP contribution in [0.15, 0.2) is 24.3 Å². The van der Waals surface area contributed by atoms with E-state index in [4.69, 9.17) is 11.6 Å². The summed E-state index contributed by atoms with van der Waals surface area (Å²) >= 11 is 6.14. The predicted octanol–water partition coefficient (Wildman–Crippen LogP) is 3.32. The molecule has 0 aliphatic heterocycles. The van der Waals surface area contributed by atoms with Gasteiger partial charge in [0.15, 0.2) is 5.78 Å². The molecule has 0 saturated carbocycles. The van der Waals surface area contributed by atoms with E-state index < -0.39 is 0 Å². The van der Waals surface area contributed by atoms with Crippen LogP contribution in [0.4, 0.5) is 5.69 Å². The first-order valence-corrected chi connectivity index (χ1v) is 6.97. The van der Waals surface area contributed by atoms with Gasteiger partial charge in [-0.05, 0) is 32.9 Å². The van der Waals surface area contributed by atoms with Crippen molar-refractivity contribution < 1.29 is 9.59 Å². The molecule has 0 aliphatic rings. The number of benzene rings is 1. The van der Waals surface area contributed by atoms with Crippen LogP contribution in [-0.4, -0.2) is 21.5 Å². The molecule has 21 heavy (non-hydrogen) atoms. The van der Waals surface area contributed by atoms with E-state index in [2.05, 4.69) is 10.4 Å². The maximum atomic E-state index is 12.4. The van der Waals surface area contributed by atoms with Gasteiger partial charge in [0.1, 0.15) is 5.69 Å². The third-order valence-corrected chi connectivity index (χ3v) is 3.55. The van der Waals surface area contributed by atoms with Crippen LogP contribution >= 0.6 is 11.6 Å². The summed E-state index contributed by atoms with van der Waals surface area (Å²) in [5.41, 5.74) is 2.02. The van der Waals surface area contributed by atoms with Crippen LogP contribution in [0.3, 0.4) is 0 Å². The molecule has 1 aromatic carbocycles. The summed E-state index contributed by atoms with van der Waals surface area (Å²) in [5.74, 6) is -0.401. The molecule has 110 valence electrons. The summed E-state index contributed by atoms with van der Waals surface area (Å²) in [4.78, 5) is 23.7. The lowest BCUT2D eigenvalue weighted by atomic mass is 10.1. The molecule has 0 aliphatic carbocycles. The fourth-order valence-electron chi connectivity index (χ4n) is 2.01. The van der Waals surface area contributed by atoms with Crippen LogP contribution in [0.25, 0.3) is 0 Å². The molecule has 0 saturated heterocycles. The van der Waals surface area contributed by atoms with Crippen LogP contribution in [0.1, 0.15) is 40.4 Å². The topological polar surface area (TPSA) is 64.0 Å². The first-order valence-electron chi connectivity index (χ1n) is 6.59. The van der Waals surface area contributed by atoms with Crippen molar-refractivity contribution in [2.24, 2.45) is 0 Å². The second kappa shape index (κ2) is 6.10. The number of nitrogens with one attached hydrogen (secondary N) is 1. The van der Waals surface area contributed by atoms with E-state index in [9.17, 15) is 9.59 Å². The number of halogens is 1. The van der Waals surface area contributed by atoms with Crippen LogP contribution in [-0.2, 0) is 6.54 Å². The highest BCUT2D eigenvalue weighted by molar-refractivity contribution is 6.34. The summed E-state index contributed by atoms with van der Waals surface area (Å²) in [6.07, 6.45) is 0. The van der Waals surface area contributed by atoms with Gasteiger partial charge in [-0.15, -0.1) is 0 Å². The van der Waals surface area contributed by atoms with Gasteiger partial charge < -0.3 is 5.32 Å². The number of carbonyl (C=O) groups excluding carboxylic acids is 2. The van der Waals surface area contributed by atoms with Crippen molar-refractivity contribution in [1.82, 2.24) is 9.78 Å². The van der Waals surface area contributed by atoms with Gasteiger partial charge >= 0.3 is 0 Å². The van der Waals surface area contributed by atoms with E-state index >= 15 is 0 Å². The largest absolute Gasteiger partial charge is 0.321 e. The molecule has 0 fully saturated rings. The van der Waals surface area contributed by atoms with Gasteiger partial charge in [0, 0.05) is 17.8 Å². The zero-order valence-corrected chi connectivity index (χ0v) is 12.9. The van der Waals surface area contributed by atoms with Gasteiger partial charge in [0.25, 0.3) is 5.91 Å². The molecule has 0 atom stereocenters. The lowest BCUT2D eigenvalue weighted by Crippen LogP contribution is -2.18. The number of rotatable bonds is 4. The summed E-state index contributed by atoms with van der Waals surface area (Å²) < 4.78 is 1.56. The van der Waals surface area contributed by atoms with E-state index in [0.717, 1.165) is 0 Å². The summed E-state index contributed by atoms with van der Waals surface area (Å²) in [6, 6.07) is 6.77. The number of aromatic nitrogens is 2. The van der Waals surface area contributed by atoms with E-state index in [0.29, 0.717) is 34.2 Å². The third kappa shape index (κ3) is 3.13. The van der Waals surface area contributed by atoms with Crippen molar-refractivity contribution in [3.05, 3.63) is 46.2 Å². The lowest BCUT2D eigenvalue weighted by Gasteiger charge is -2.08. The average molecular weight is 306 g/mol. The molecule has 0 unspecified atom stereocenters. The molecule has 0 bridgehead atoms. The standard InChI is InChI=1S/C15H16ClN3O2/c1-4-19-14(13(16)9(2)18-19)15(21)17-12-7-5-6-11(8-12)10(3)20/h5-8H,4H2,1-3H3,(H,17,21). The van der Waals surface area contributed by atoms with Crippen LogP contribution in [0.2, 0.25) is 5.02 Å². The lowest BCUT2D eigenvalue weighted by molar-refractivity contribution is 0.100. The quantitative estimate of drug-likeness (QED) is 0.881. The number of nitrogens with zero attached hydrogens (tertiary/aromatic N) is 2. The molecule has 5 nitrogen and oxygen atoms in total. The molecule has 1 N–H and O–H groups in total. The zero-order valence-electron chi connectivity index (χ0n) is 12.1. The number of anilines is 1. The minimum Gasteiger partial charge on any atom is -0.321 e. The van der Waals surface area contributed by atoms with Gasteiger partial charge in [-0.1, -0.05) is 23.7 Å². The van der Waals surface area contributed by atoms with E-state index in [1.54, 1.807) is 35.9 Å². The number of aryl methyl sites for hydroxylation is 2. The number of ketones is 1. The Bertz CT molecular complexity index is 707. The summed E-state index contributed by atoms with van der Waals surface area (Å²) in [6.45, 7) is 5.66. The molecule has 1 aromatic heterocycles. The normalized spacial score (nSPS) is 10.5. The van der Waals surface area contributed by atoms with Crippen LogP contribution < -0.4 is 5.32 Å². The smallest absolute Gasteiger partial charge is 0.275 e. The second-order valence-corrected chi connectivity index (χ2v) is 5.03. The minimum atomic E-state index is -0.344. The van der Waals surface area contributed by atoms with Crippen molar-refractivity contribution in [1.29, 1.82) is 0 Å². The maximum absolute atomic E-state index is 12.4. The molecule has 1 heterocycles. The molecule has 6 heteroatoms. The van der Waals surface area contributed by atoms with Gasteiger partial charge in [-0.25, -0.2) is 0 Å². The molecule has 2 rings (SSSR count). The fraction of sp³-hybridized carbons (Fsp3) is 0.267. The Morgan fingerprint density at radius 1 is 1.38 bits per heavy atom. The Labute approximate surface area is 127 Å². The van der Waals surface area contributed by atoms with E-state index in [-0.39, 0.29) is 11.7 Å². The Balaban J connectivity index is 2.30. The molecule has 2 aromatic rings. The Kier molecular flexibility index (Phi) is 4.43. The number of hydrogen-bond donors (Lipinski definition) is 1. The Hall–Kier alpha value is -2.14. The van der Waals surface area contributed by atoms with E-state index in [1.807, 2.05) is 6.92 Å². The average Bonchev–Trinajstić information content (AvgIpc) is 2.74. The Morgan fingerprint density at radius 3 is 2.71 bits per heavy atom. The van der Waals surface area contributed by atoms with Gasteiger partial charge in [-0.2, -0.15) is 5.10 Å². The maximum Gasteiger partial charge on any atom is 0.275 e. The predicted molar refractivity (Wildman–Crippen MR) is 82.0 cm³/mol. The highest BCUT2D eigenvalue weighted by Crippen LogP contribution is 2.22. The molecular formula is C15H16ClN3O2. The van der Waals surface area contributed by atoms with Crippen molar-refractivity contribution in [2.75, 3.05) is 5.32 Å². The van der Waals surface area contributed by atoms with Gasteiger partial charge in [-0.3, -0.25) is 14.3 Å². The van der Waals surface area contributed by atoms with Crippen LogP contribution in [0.5, 0.6) is 0 Å². The van der Waals surface area contributed by atoms with Gasteiger partial charge in [0.2, 0.25) is 0 Å². The summed E-state index contributed by atoms with van der Waals surface area (Å²) in [7, 11) is 0. The van der Waals surface area contributed by atoms with Crippen molar-refractivity contribution in [3.8, 4) is 0 Å². The monoisotopic (exact) mass is 305 g/mol. The van der Waals surface area contributed by atoms with Crippen molar-refractivity contribution in [3.63, 3.8) is 0 Å².